The van der Waals surface area contributed by atoms with Gasteiger partial charge in [0.2, 0.25) is 0 Å². The predicted octanol–water partition coefficient (Wildman–Crippen LogP) is 2.70. The Morgan fingerprint density at radius 3 is 2.22 bits per heavy atom. The minimum Gasteiger partial charge on any atom is -0.270 e. The van der Waals surface area contributed by atoms with Crippen molar-refractivity contribution in [2.75, 3.05) is 7.11 Å². The highest BCUT2D eigenvalue weighted by atomic mass is 35.5. The molecule has 1 rings (SSSR count). The number of hydrogen-bond donors (Lipinski definition) is 0. The third-order valence-electron chi connectivity index (χ3n) is 1.64. The Kier molecular flexibility index (Phi) is 7.77. The molecule has 0 N–H and O–H groups in total. The van der Waals surface area contributed by atoms with Gasteiger partial charge in [0.15, 0.2) is 0 Å². The van der Waals surface area contributed by atoms with Crippen molar-refractivity contribution < 1.29 is 16.8 Å². The van der Waals surface area contributed by atoms with E-state index in [9.17, 15) is 12.6 Å². The van der Waals surface area contributed by atoms with Crippen molar-refractivity contribution in [1.29, 1.82) is 0 Å². The van der Waals surface area contributed by atoms with Gasteiger partial charge in [-0.2, -0.15) is 8.42 Å². The number of halogens is 1. The highest BCUT2D eigenvalue weighted by molar-refractivity contribution is 7.89. The molecule has 1 aromatic carbocycles. The van der Waals surface area contributed by atoms with Gasteiger partial charge >= 0.3 is 0 Å². The van der Waals surface area contributed by atoms with Crippen LogP contribution in [0.1, 0.15) is 0 Å². The van der Waals surface area contributed by atoms with Crippen molar-refractivity contribution in [3.63, 3.8) is 0 Å². The molecule has 0 saturated heterocycles. The van der Waals surface area contributed by atoms with Gasteiger partial charge in [-0.15, -0.1) is 0 Å². The summed E-state index contributed by atoms with van der Waals surface area (Å²) in [6, 6.07) is 7.02. The van der Waals surface area contributed by atoms with Gasteiger partial charge in [0.1, 0.15) is 0 Å². The van der Waals surface area contributed by atoms with Gasteiger partial charge in [0.25, 0.3) is 10.1 Å². The molecule has 4 nitrogen and oxygen atoms in total. The van der Waals surface area contributed by atoms with Crippen LogP contribution in [0.5, 0.6) is 0 Å². The molecular weight excluding hydrogens is 296 g/mol. The molecule has 0 radical (unpaired) electrons. The lowest BCUT2D eigenvalue weighted by molar-refractivity contribution is 0.406. The Hall–Kier alpha value is -0.950. The number of hydrogen-bond acceptors (Lipinski definition) is 4. The van der Waals surface area contributed by atoms with E-state index < -0.39 is 20.9 Å². The first kappa shape index (κ1) is 17.1. The highest BCUT2D eigenvalue weighted by Crippen LogP contribution is 2.18. The van der Waals surface area contributed by atoms with Gasteiger partial charge < -0.3 is 0 Å². The molecular formula is C11H13ClO4S2. The fourth-order valence-electron chi connectivity index (χ4n) is 0.766. The quantitative estimate of drug-likeness (QED) is 0.802. The Balaban J connectivity index is 0.000000360. The van der Waals surface area contributed by atoms with E-state index in [1.807, 2.05) is 0 Å². The first-order valence-corrected chi connectivity index (χ1v) is 7.65. The molecule has 1 aromatic rings. The van der Waals surface area contributed by atoms with Crippen LogP contribution in [0.25, 0.3) is 0 Å². The molecule has 0 amide bonds. The summed E-state index contributed by atoms with van der Waals surface area (Å²) in [6.07, 6.45) is 0. The SMILES string of the molecule is C=CS(=O)(=O)OC.C=CS(=O)c1ccccc1Cl. The lowest BCUT2D eigenvalue weighted by Gasteiger charge is -1.97. The van der Waals surface area contributed by atoms with E-state index in [0.717, 1.165) is 12.5 Å². The van der Waals surface area contributed by atoms with Gasteiger partial charge in [-0.25, -0.2) is 4.21 Å². The Labute approximate surface area is 115 Å². The van der Waals surface area contributed by atoms with Crippen molar-refractivity contribution in [1.82, 2.24) is 0 Å². The minimum atomic E-state index is -3.39. The van der Waals surface area contributed by atoms with Crippen molar-refractivity contribution >= 4 is 32.5 Å². The van der Waals surface area contributed by atoms with Gasteiger partial charge in [-0.3, -0.25) is 4.18 Å². The van der Waals surface area contributed by atoms with Gasteiger partial charge in [-0.1, -0.05) is 36.9 Å². The second-order valence-corrected chi connectivity index (χ2v) is 6.15. The van der Waals surface area contributed by atoms with Crippen LogP contribution in [0.2, 0.25) is 5.02 Å². The summed E-state index contributed by atoms with van der Waals surface area (Å²) in [5, 5.41) is 2.62. The zero-order valence-electron chi connectivity index (χ0n) is 9.71. The fraction of sp³-hybridized carbons (Fsp3) is 0.0909. The Bertz CT molecular complexity index is 538. The maximum absolute atomic E-state index is 11.1. The Morgan fingerprint density at radius 2 is 1.89 bits per heavy atom. The first-order chi connectivity index (χ1) is 8.37. The van der Waals surface area contributed by atoms with E-state index >= 15 is 0 Å². The van der Waals surface area contributed by atoms with Crippen LogP contribution in [0.3, 0.4) is 0 Å². The van der Waals surface area contributed by atoms with Crippen LogP contribution in [0.4, 0.5) is 0 Å². The molecule has 0 aliphatic carbocycles. The van der Waals surface area contributed by atoms with Crippen molar-refractivity contribution in [3.8, 4) is 0 Å². The summed E-state index contributed by atoms with van der Waals surface area (Å²) < 4.78 is 35.1. The molecule has 0 bridgehead atoms. The highest BCUT2D eigenvalue weighted by Gasteiger charge is 2.02. The molecule has 100 valence electrons. The average molecular weight is 309 g/mol. The summed E-state index contributed by atoms with van der Waals surface area (Å²) in [4.78, 5) is 0.615. The molecule has 7 heteroatoms. The lowest BCUT2D eigenvalue weighted by atomic mass is 10.4. The minimum absolute atomic E-state index is 0.519. The van der Waals surface area contributed by atoms with Gasteiger partial charge in [0, 0.05) is 5.41 Å². The zero-order valence-corrected chi connectivity index (χ0v) is 12.1. The fourth-order valence-corrected chi connectivity index (χ4v) is 1.92. The lowest BCUT2D eigenvalue weighted by Crippen LogP contribution is -1.94. The van der Waals surface area contributed by atoms with Crippen LogP contribution >= 0.6 is 11.6 Å². The van der Waals surface area contributed by atoms with Crippen LogP contribution < -0.4 is 0 Å². The molecule has 1 unspecified atom stereocenters. The summed E-state index contributed by atoms with van der Waals surface area (Å²) in [7, 11) is -3.48. The molecule has 0 aliphatic heterocycles. The summed E-state index contributed by atoms with van der Waals surface area (Å²) in [6.45, 7) is 6.41. The van der Waals surface area contributed by atoms with Crippen molar-refractivity contribution in [2.24, 2.45) is 0 Å². The second-order valence-electron chi connectivity index (χ2n) is 2.72. The average Bonchev–Trinajstić information content (AvgIpc) is 2.39. The van der Waals surface area contributed by atoms with E-state index in [-0.39, 0.29) is 0 Å². The first-order valence-electron chi connectivity index (χ1n) is 4.58. The number of rotatable bonds is 4. The maximum Gasteiger partial charge on any atom is 0.289 e. The molecule has 18 heavy (non-hydrogen) atoms. The predicted molar refractivity (Wildman–Crippen MR) is 74.2 cm³/mol. The molecule has 1 atom stereocenters. The van der Waals surface area contributed by atoms with E-state index in [0.29, 0.717) is 9.92 Å². The van der Waals surface area contributed by atoms with Crippen LogP contribution in [-0.2, 0) is 25.1 Å². The molecule has 0 heterocycles. The van der Waals surface area contributed by atoms with Crippen molar-refractivity contribution in [2.45, 2.75) is 4.90 Å². The topological polar surface area (TPSA) is 60.4 Å². The molecule has 0 aliphatic rings. The van der Waals surface area contributed by atoms with Crippen LogP contribution in [0.15, 0.2) is 53.1 Å². The van der Waals surface area contributed by atoms with Gasteiger partial charge in [0.05, 0.1) is 33.2 Å². The maximum atomic E-state index is 11.1. The van der Waals surface area contributed by atoms with Crippen molar-refractivity contribution in [3.05, 3.63) is 53.3 Å². The molecule has 0 saturated carbocycles. The van der Waals surface area contributed by atoms with Crippen LogP contribution in [-0.4, -0.2) is 19.7 Å². The standard InChI is InChI=1S/C8H7ClOS.C3H6O3S/c1-2-11(10)8-6-4-3-5-7(8)9;1-3-7(4,5)6-2/h2-6H,1H2;3H,1H2,2H3. The van der Waals surface area contributed by atoms with E-state index in [2.05, 4.69) is 17.3 Å². The molecule has 0 spiro atoms. The summed E-state index contributed by atoms with van der Waals surface area (Å²) in [5.74, 6) is 0. The van der Waals surface area contributed by atoms with E-state index in [4.69, 9.17) is 11.6 Å². The summed E-state index contributed by atoms with van der Waals surface area (Å²) in [5.41, 5.74) is 0. The van der Waals surface area contributed by atoms with E-state index in [1.54, 1.807) is 24.3 Å². The van der Waals surface area contributed by atoms with E-state index in [1.165, 1.54) is 5.41 Å². The molecule has 0 aromatic heterocycles. The van der Waals surface area contributed by atoms with Crippen LogP contribution in [0, 0.1) is 0 Å². The number of benzene rings is 1. The largest absolute Gasteiger partial charge is 0.289 e. The normalized spacial score (nSPS) is 11.9. The molecule has 0 fully saturated rings. The second kappa shape index (κ2) is 8.20. The Morgan fingerprint density at radius 1 is 1.33 bits per heavy atom. The third kappa shape index (κ3) is 6.11. The third-order valence-corrected chi connectivity index (χ3v) is 4.05. The summed E-state index contributed by atoms with van der Waals surface area (Å²) >= 11 is 5.76. The zero-order chi connectivity index (χ0) is 14.2. The smallest absolute Gasteiger partial charge is 0.270 e. The van der Waals surface area contributed by atoms with Gasteiger partial charge in [-0.05, 0) is 12.1 Å². The monoisotopic (exact) mass is 308 g/mol.